The Kier molecular flexibility index (Phi) is 3.70. The molecule has 76 valence electrons. The molecule has 0 saturated carbocycles. The van der Waals surface area contributed by atoms with E-state index in [0.717, 1.165) is 6.92 Å². The van der Waals surface area contributed by atoms with Crippen LogP contribution in [0.3, 0.4) is 0 Å². The number of halogens is 3. The molecule has 0 fully saturated rings. The van der Waals surface area contributed by atoms with Gasteiger partial charge in [-0.3, -0.25) is 4.79 Å². The Morgan fingerprint density at radius 1 is 1.46 bits per heavy atom. The number of carbonyl (C=O) groups excluding carboxylic acids is 2. The number of alkyl halides is 3. The second-order valence-corrected chi connectivity index (χ2v) is 2.40. The van der Waals surface area contributed by atoms with Gasteiger partial charge in [0.15, 0.2) is 0 Å². The van der Waals surface area contributed by atoms with Crippen molar-refractivity contribution in [2.45, 2.75) is 25.6 Å². The molecule has 4 nitrogen and oxygen atoms in total. The van der Waals surface area contributed by atoms with Gasteiger partial charge in [0.05, 0.1) is 12.0 Å². The van der Waals surface area contributed by atoms with Gasteiger partial charge in [-0.05, 0) is 6.92 Å². The third-order valence-electron chi connectivity index (χ3n) is 1.09. The van der Waals surface area contributed by atoms with Crippen molar-refractivity contribution in [3.05, 3.63) is 0 Å². The van der Waals surface area contributed by atoms with Gasteiger partial charge in [0, 0.05) is 0 Å². The number of amides is 1. The van der Waals surface area contributed by atoms with Crippen LogP contribution in [0.4, 0.5) is 13.2 Å². The summed E-state index contributed by atoms with van der Waals surface area (Å²) in [6.07, 6.45) is -6.32. The summed E-state index contributed by atoms with van der Waals surface area (Å²) in [7, 11) is 0. The van der Waals surface area contributed by atoms with E-state index in [9.17, 15) is 27.9 Å². The first-order valence-corrected chi connectivity index (χ1v) is 3.29. The molecule has 0 heterocycles. The monoisotopic (exact) mass is 198 g/mol. The Hall–Kier alpha value is -1.27. The normalized spacial score (nSPS) is 13.5. The molecule has 0 aromatic heterocycles. The summed E-state index contributed by atoms with van der Waals surface area (Å²) in [5.41, 5.74) is 0. The number of carbonyl (C=O) groups is 2. The van der Waals surface area contributed by atoms with E-state index < -0.39 is 30.5 Å². The lowest BCUT2D eigenvalue weighted by atomic mass is 10.3. The number of rotatable bonds is 3. The summed E-state index contributed by atoms with van der Waals surface area (Å²) < 4.78 is 34.6. The molecule has 0 rings (SSSR count). The van der Waals surface area contributed by atoms with Gasteiger partial charge < -0.3 is 15.2 Å². The second-order valence-electron chi connectivity index (χ2n) is 2.40. The van der Waals surface area contributed by atoms with Crippen LogP contribution in [-0.2, 0) is 9.59 Å². The number of carboxylic acids is 1. The minimum atomic E-state index is -4.63. The van der Waals surface area contributed by atoms with Gasteiger partial charge in [-0.1, -0.05) is 0 Å². The van der Waals surface area contributed by atoms with Gasteiger partial charge in [0.1, 0.15) is 6.42 Å². The lowest BCUT2D eigenvalue weighted by Gasteiger charge is -2.15. The number of hydrogen-bond donors (Lipinski definition) is 1. The standard InChI is InChI=1S/C6H8F3NO3/c1-3(5(12)13)10-4(11)2-6(7,8)9/h3H,2H2,1H3,(H,10,11)(H,12,13)/p-1/t3-/m1/s1. The molecule has 0 unspecified atom stereocenters. The van der Waals surface area contributed by atoms with Crippen molar-refractivity contribution in [1.29, 1.82) is 0 Å². The highest BCUT2D eigenvalue weighted by Gasteiger charge is 2.31. The van der Waals surface area contributed by atoms with Gasteiger partial charge >= 0.3 is 6.18 Å². The topological polar surface area (TPSA) is 69.2 Å². The van der Waals surface area contributed by atoms with Crippen LogP contribution < -0.4 is 10.4 Å². The molecular formula is C6H7F3NO3-. The maximum absolute atomic E-state index is 11.5. The maximum atomic E-state index is 11.5. The van der Waals surface area contributed by atoms with Crippen LogP contribution >= 0.6 is 0 Å². The fourth-order valence-corrected chi connectivity index (χ4v) is 0.533. The number of aliphatic carboxylic acids is 1. The highest BCUT2D eigenvalue weighted by Crippen LogP contribution is 2.18. The van der Waals surface area contributed by atoms with Crippen LogP contribution in [-0.4, -0.2) is 24.1 Å². The largest absolute Gasteiger partial charge is 0.548 e. The molecule has 0 saturated heterocycles. The summed E-state index contributed by atoms with van der Waals surface area (Å²) in [5.74, 6) is -3.01. The van der Waals surface area contributed by atoms with E-state index in [2.05, 4.69) is 0 Å². The highest BCUT2D eigenvalue weighted by atomic mass is 19.4. The van der Waals surface area contributed by atoms with Crippen LogP contribution in [0.5, 0.6) is 0 Å². The van der Waals surface area contributed by atoms with E-state index in [-0.39, 0.29) is 0 Å². The average molecular weight is 198 g/mol. The lowest BCUT2D eigenvalue weighted by Crippen LogP contribution is -2.46. The molecule has 13 heavy (non-hydrogen) atoms. The second kappa shape index (κ2) is 4.11. The predicted octanol–water partition coefficient (Wildman–Crippen LogP) is -0.807. The van der Waals surface area contributed by atoms with E-state index in [1.165, 1.54) is 0 Å². The van der Waals surface area contributed by atoms with Crippen LogP contribution in [0, 0.1) is 0 Å². The van der Waals surface area contributed by atoms with Gasteiger partial charge in [0.2, 0.25) is 5.91 Å². The predicted molar refractivity (Wildman–Crippen MR) is 33.3 cm³/mol. The highest BCUT2D eigenvalue weighted by molar-refractivity contribution is 5.82. The smallest absolute Gasteiger partial charge is 0.397 e. The summed E-state index contributed by atoms with van der Waals surface area (Å²) >= 11 is 0. The summed E-state index contributed by atoms with van der Waals surface area (Å²) in [4.78, 5) is 20.4. The number of hydrogen-bond acceptors (Lipinski definition) is 3. The summed E-state index contributed by atoms with van der Waals surface area (Å²) in [6.45, 7) is 1.02. The van der Waals surface area contributed by atoms with Gasteiger partial charge in [-0.25, -0.2) is 0 Å². The maximum Gasteiger partial charge on any atom is 0.397 e. The summed E-state index contributed by atoms with van der Waals surface area (Å²) in [6, 6.07) is -1.42. The molecule has 0 bridgehead atoms. The van der Waals surface area contributed by atoms with Crippen LogP contribution in [0.15, 0.2) is 0 Å². The molecule has 0 aromatic rings. The van der Waals surface area contributed by atoms with Gasteiger partial charge in [-0.15, -0.1) is 0 Å². The van der Waals surface area contributed by atoms with Crippen LogP contribution in [0.1, 0.15) is 13.3 Å². The van der Waals surface area contributed by atoms with Crippen molar-refractivity contribution >= 4 is 11.9 Å². The van der Waals surface area contributed by atoms with Crippen molar-refractivity contribution in [3.63, 3.8) is 0 Å². The molecule has 1 amide bonds. The molecule has 1 N–H and O–H groups in total. The SMILES string of the molecule is C[C@@H](NC(=O)CC(F)(F)F)C(=O)[O-]. The Morgan fingerprint density at radius 3 is 2.23 bits per heavy atom. The Balaban J connectivity index is 3.96. The Morgan fingerprint density at radius 2 is 1.92 bits per heavy atom. The molecule has 7 heteroatoms. The summed E-state index contributed by atoms with van der Waals surface area (Å²) in [5, 5.41) is 11.6. The third kappa shape index (κ3) is 5.94. The fraction of sp³-hybridized carbons (Fsp3) is 0.667. The van der Waals surface area contributed by atoms with E-state index in [4.69, 9.17) is 0 Å². The minimum absolute atomic E-state index is 1.02. The van der Waals surface area contributed by atoms with Crippen LogP contribution in [0.25, 0.3) is 0 Å². The van der Waals surface area contributed by atoms with E-state index in [1.54, 1.807) is 5.32 Å². The molecular weight excluding hydrogens is 191 g/mol. The Labute approximate surface area is 71.7 Å². The van der Waals surface area contributed by atoms with Crippen molar-refractivity contribution in [1.82, 2.24) is 5.32 Å². The Bertz CT molecular complexity index is 214. The van der Waals surface area contributed by atoms with Crippen molar-refractivity contribution in [2.75, 3.05) is 0 Å². The molecule has 0 aromatic carbocycles. The van der Waals surface area contributed by atoms with Gasteiger partial charge in [-0.2, -0.15) is 13.2 Å². The number of nitrogens with one attached hydrogen (secondary N) is 1. The molecule has 0 aliphatic carbocycles. The molecule has 0 aliphatic heterocycles. The zero-order chi connectivity index (χ0) is 10.6. The first kappa shape index (κ1) is 11.7. The first-order chi connectivity index (χ1) is 5.72. The van der Waals surface area contributed by atoms with Crippen LogP contribution in [0.2, 0.25) is 0 Å². The fourth-order valence-electron chi connectivity index (χ4n) is 0.533. The average Bonchev–Trinajstić information content (AvgIpc) is 1.81. The molecule has 0 spiro atoms. The van der Waals surface area contributed by atoms with E-state index in [0.29, 0.717) is 0 Å². The third-order valence-corrected chi connectivity index (χ3v) is 1.09. The lowest BCUT2D eigenvalue weighted by molar-refractivity contribution is -0.307. The van der Waals surface area contributed by atoms with Crippen molar-refractivity contribution in [3.8, 4) is 0 Å². The zero-order valence-electron chi connectivity index (χ0n) is 6.64. The van der Waals surface area contributed by atoms with Crippen molar-refractivity contribution < 1.29 is 27.9 Å². The van der Waals surface area contributed by atoms with Gasteiger partial charge in [0.25, 0.3) is 0 Å². The number of carboxylic acid groups (broad SMARTS) is 1. The van der Waals surface area contributed by atoms with E-state index in [1.807, 2.05) is 0 Å². The molecule has 1 atom stereocenters. The minimum Gasteiger partial charge on any atom is -0.548 e. The molecule has 0 aliphatic rings. The first-order valence-electron chi connectivity index (χ1n) is 3.29. The zero-order valence-corrected chi connectivity index (χ0v) is 6.64. The molecule has 0 radical (unpaired) electrons. The van der Waals surface area contributed by atoms with E-state index >= 15 is 0 Å². The quantitative estimate of drug-likeness (QED) is 0.645. The van der Waals surface area contributed by atoms with Crippen molar-refractivity contribution in [2.24, 2.45) is 0 Å².